The summed E-state index contributed by atoms with van der Waals surface area (Å²) in [6.45, 7) is 4.46. The van der Waals surface area contributed by atoms with E-state index in [0.717, 1.165) is 24.3 Å². The zero-order valence-electron chi connectivity index (χ0n) is 8.71. The molecule has 1 unspecified atom stereocenters. The third-order valence-corrected chi connectivity index (χ3v) is 4.01. The Balaban J connectivity index is 2.18. The normalized spacial score (nSPS) is 31.5. The van der Waals surface area contributed by atoms with Gasteiger partial charge in [-0.15, -0.1) is 0 Å². The van der Waals surface area contributed by atoms with Crippen LogP contribution in [0.5, 0.6) is 0 Å². The summed E-state index contributed by atoms with van der Waals surface area (Å²) < 4.78 is 11.1. The topological polar surface area (TPSA) is 29.1 Å². The first-order chi connectivity index (χ1) is 6.22. The molecule has 0 aromatic carbocycles. The molecule has 0 aromatic heterocycles. The molecule has 0 radical (unpaired) electrons. The third-order valence-electron chi connectivity index (χ3n) is 2.63. The van der Waals surface area contributed by atoms with Gasteiger partial charge in [0.1, 0.15) is 0 Å². The van der Waals surface area contributed by atoms with Crippen molar-refractivity contribution in [3.05, 3.63) is 0 Å². The molecule has 0 saturated carbocycles. The van der Waals surface area contributed by atoms with E-state index in [0.29, 0.717) is 12.1 Å². The predicted molar refractivity (Wildman–Crippen MR) is 58.4 cm³/mol. The fraction of sp³-hybridized carbons (Fsp3) is 1.00. The monoisotopic (exact) mass is 203 g/mol. The first kappa shape index (κ1) is 11.2. The van der Waals surface area contributed by atoms with E-state index in [1.165, 1.54) is 12.8 Å². The summed E-state index contributed by atoms with van der Waals surface area (Å²) >= 11 is 0. The molecule has 1 saturated heterocycles. The van der Waals surface area contributed by atoms with Gasteiger partial charge in [-0.3, -0.25) is 4.21 Å². The molecule has 1 aliphatic rings. The lowest BCUT2D eigenvalue weighted by atomic mass is 10.1. The molecule has 1 fully saturated rings. The van der Waals surface area contributed by atoms with Gasteiger partial charge in [-0.05, 0) is 26.2 Å². The SMILES string of the molecule is CCCC(C)NC1CCS(=O)CC1. The summed E-state index contributed by atoms with van der Waals surface area (Å²) in [6.07, 6.45) is 4.69. The van der Waals surface area contributed by atoms with E-state index < -0.39 is 10.8 Å². The predicted octanol–water partition coefficient (Wildman–Crippen LogP) is 1.68. The van der Waals surface area contributed by atoms with Gasteiger partial charge >= 0.3 is 0 Å². The van der Waals surface area contributed by atoms with Crippen molar-refractivity contribution in [2.24, 2.45) is 0 Å². The van der Waals surface area contributed by atoms with Gasteiger partial charge in [0.25, 0.3) is 0 Å². The van der Waals surface area contributed by atoms with Crippen LogP contribution in [0.3, 0.4) is 0 Å². The van der Waals surface area contributed by atoms with E-state index in [9.17, 15) is 4.21 Å². The van der Waals surface area contributed by atoms with E-state index in [-0.39, 0.29) is 0 Å². The standard InChI is InChI=1S/C10H21NOS/c1-3-4-9(2)11-10-5-7-13(12)8-6-10/h9-11H,3-8H2,1-2H3. The van der Waals surface area contributed by atoms with Crippen LogP contribution in [0.25, 0.3) is 0 Å². The molecular formula is C10H21NOS. The Hall–Kier alpha value is 0.110. The number of nitrogens with one attached hydrogen (secondary N) is 1. The first-order valence-corrected chi connectivity index (χ1v) is 6.82. The Morgan fingerprint density at radius 3 is 2.62 bits per heavy atom. The Morgan fingerprint density at radius 1 is 1.46 bits per heavy atom. The number of rotatable bonds is 4. The van der Waals surface area contributed by atoms with Crippen molar-refractivity contribution in [3.8, 4) is 0 Å². The minimum absolute atomic E-state index is 0.519. The molecule has 1 N–H and O–H groups in total. The average Bonchev–Trinajstić information content (AvgIpc) is 2.09. The van der Waals surface area contributed by atoms with Gasteiger partial charge in [-0.2, -0.15) is 0 Å². The summed E-state index contributed by atoms with van der Waals surface area (Å²) in [5, 5.41) is 3.61. The van der Waals surface area contributed by atoms with Crippen LogP contribution in [-0.4, -0.2) is 27.8 Å². The van der Waals surface area contributed by atoms with E-state index >= 15 is 0 Å². The van der Waals surface area contributed by atoms with Crippen LogP contribution in [0.15, 0.2) is 0 Å². The molecule has 0 aromatic rings. The highest BCUT2D eigenvalue weighted by molar-refractivity contribution is 7.85. The fourth-order valence-electron chi connectivity index (χ4n) is 1.88. The van der Waals surface area contributed by atoms with Gasteiger partial charge in [-0.1, -0.05) is 13.3 Å². The van der Waals surface area contributed by atoms with Crippen LogP contribution >= 0.6 is 0 Å². The Morgan fingerprint density at radius 2 is 2.08 bits per heavy atom. The van der Waals surface area contributed by atoms with Gasteiger partial charge in [0.15, 0.2) is 0 Å². The van der Waals surface area contributed by atoms with Crippen LogP contribution in [0, 0.1) is 0 Å². The highest BCUT2D eigenvalue weighted by Gasteiger charge is 2.18. The van der Waals surface area contributed by atoms with E-state index in [2.05, 4.69) is 19.2 Å². The second-order valence-electron chi connectivity index (χ2n) is 3.98. The van der Waals surface area contributed by atoms with Gasteiger partial charge < -0.3 is 5.32 Å². The lowest BCUT2D eigenvalue weighted by Crippen LogP contribution is -2.40. The molecule has 3 heteroatoms. The smallest absolute Gasteiger partial charge is 0.0249 e. The molecular weight excluding hydrogens is 182 g/mol. The van der Waals surface area contributed by atoms with Crippen LogP contribution in [0.2, 0.25) is 0 Å². The molecule has 0 spiro atoms. The molecule has 1 atom stereocenters. The molecule has 0 amide bonds. The Labute approximate surface area is 83.9 Å². The fourth-order valence-corrected chi connectivity index (χ4v) is 3.18. The molecule has 2 nitrogen and oxygen atoms in total. The zero-order chi connectivity index (χ0) is 9.68. The van der Waals surface area contributed by atoms with Gasteiger partial charge in [0.05, 0.1) is 0 Å². The Bertz CT molecular complexity index is 162. The van der Waals surface area contributed by atoms with Gasteiger partial charge in [-0.25, -0.2) is 0 Å². The largest absolute Gasteiger partial charge is 0.311 e. The molecule has 78 valence electrons. The maximum atomic E-state index is 11.1. The van der Waals surface area contributed by atoms with E-state index in [1.54, 1.807) is 0 Å². The first-order valence-electron chi connectivity index (χ1n) is 5.33. The molecule has 13 heavy (non-hydrogen) atoms. The minimum Gasteiger partial charge on any atom is -0.311 e. The average molecular weight is 203 g/mol. The second kappa shape index (κ2) is 5.76. The lowest BCUT2D eigenvalue weighted by molar-refractivity contribution is 0.402. The van der Waals surface area contributed by atoms with Crippen molar-refractivity contribution >= 4 is 10.8 Å². The maximum Gasteiger partial charge on any atom is 0.0249 e. The van der Waals surface area contributed by atoms with Crippen LogP contribution < -0.4 is 5.32 Å². The molecule has 1 rings (SSSR count). The highest BCUT2D eigenvalue weighted by Crippen LogP contribution is 2.10. The zero-order valence-corrected chi connectivity index (χ0v) is 9.53. The molecule has 1 aliphatic heterocycles. The van der Waals surface area contributed by atoms with Crippen LogP contribution in [0.4, 0.5) is 0 Å². The van der Waals surface area contributed by atoms with Crippen LogP contribution in [0.1, 0.15) is 39.5 Å². The van der Waals surface area contributed by atoms with Crippen molar-refractivity contribution in [3.63, 3.8) is 0 Å². The van der Waals surface area contributed by atoms with Gasteiger partial charge in [0, 0.05) is 34.4 Å². The van der Waals surface area contributed by atoms with Crippen molar-refractivity contribution in [1.29, 1.82) is 0 Å². The Kier molecular flexibility index (Phi) is 4.96. The lowest BCUT2D eigenvalue weighted by Gasteiger charge is -2.26. The summed E-state index contributed by atoms with van der Waals surface area (Å²) in [4.78, 5) is 0. The summed E-state index contributed by atoms with van der Waals surface area (Å²) in [6, 6.07) is 1.25. The third kappa shape index (κ3) is 4.23. The second-order valence-corrected chi connectivity index (χ2v) is 5.67. The quantitative estimate of drug-likeness (QED) is 0.753. The van der Waals surface area contributed by atoms with Crippen molar-refractivity contribution < 1.29 is 4.21 Å². The van der Waals surface area contributed by atoms with Crippen molar-refractivity contribution in [2.45, 2.75) is 51.6 Å². The van der Waals surface area contributed by atoms with E-state index in [1.807, 2.05) is 0 Å². The van der Waals surface area contributed by atoms with Crippen molar-refractivity contribution in [1.82, 2.24) is 5.32 Å². The summed E-state index contributed by atoms with van der Waals surface area (Å²) in [7, 11) is -0.519. The number of hydrogen-bond donors (Lipinski definition) is 1. The molecule has 1 heterocycles. The summed E-state index contributed by atoms with van der Waals surface area (Å²) in [5.74, 6) is 1.80. The summed E-state index contributed by atoms with van der Waals surface area (Å²) in [5.41, 5.74) is 0. The maximum absolute atomic E-state index is 11.1. The molecule has 0 bridgehead atoms. The minimum atomic E-state index is -0.519. The van der Waals surface area contributed by atoms with Crippen LogP contribution in [-0.2, 0) is 10.8 Å². The van der Waals surface area contributed by atoms with Crippen molar-refractivity contribution in [2.75, 3.05) is 11.5 Å². The highest BCUT2D eigenvalue weighted by atomic mass is 32.2. The van der Waals surface area contributed by atoms with E-state index in [4.69, 9.17) is 0 Å². The molecule has 0 aliphatic carbocycles. The van der Waals surface area contributed by atoms with Gasteiger partial charge in [0.2, 0.25) is 0 Å². The number of hydrogen-bond acceptors (Lipinski definition) is 2.